The van der Waals surface area contributed by atoms with Crippen LogP contribution in [0.2, 0.25) is 0 Å². The molecule has 0 aliphatic carbocycles. The zero-order valence-electron chi connectivity index (χ0n) is 14.7. The highest BCUT2D eigenvalue weighted by Crippen LogP contribution is 2.03. The van der Waals surface area contributed by atoms with Gasteiger partial charge in [0.25, 0.3) is 0 Å². The average molecular weight is 336 g/mol. The molecule has 0 bridgehead atoms. The van der Waals surface area contributed by atoms with Gasteiger partial charge in [-0.15, -0.1) is 0 Å². The first-order valence-corrected chi connectivity index (χ1v) is 8.89. The maximum Gasteiger partial charge on any atom is 0.335 e. The number of aromatic carboxylic acids is 1. The number of hydrogen-bond acceptors (Lipinski definition) is 5. The third-order valence-corrected chi connectivity index (χ3v) is 3.62. The summed E-state index contributed by atoms with van der Waals surface area (Å²) in [5.41, 5.74) is 1.43. The van der Waals surface area contributed by atoms with Crippen LogP contribution in [0.1, 0.15) is 35.7 Å². The first-order chi connectivity index (χ1) is 11.7. The van der Waals surface area contributed by atoms with Crippen molar-refractivity contribution in [3.8, 4) is 0 Å². The van der Waals surface area contributed by atoms with Crippen LogP contribution in [-0.2, 0) is 6.54 Å². The molecule has 0 radical (unpaired) electrons. The molecule has 0 atom stereocenters. The second-order valence-electron chi connectivity index (χ2n) is 5.78. The predicted molar refractivity (Wildman–Crippen MR) is 98.6 cm³/mol. The van der Waals surface area contributed by atoms with Gasteiger partial charge in [-0.1, -0.05) is 19.1 Å². The van der Waals surface area contributed by atoms with Gasteiger partial charge in [-0.2, -0.15) is 0 Å². The molecule has 1 aromatic rings. The monoisotopic (exact) mass is 336 g/mol. The van der Waals surface area contributed by atoms with Crippen molar-refractivity contribution in [1.82, 2.24) is 21.3 Å². The van der Waals surface area contributed by atoms with E-state index < -0.39 is 5.97 Å². The van der Waals surface area contributed by atoms with E-state index in [1.165, 1.54) is 6.42 Å². The number of nitrogens with one attached hydrogen (secondary N) is 4. The molecular formula is C18H32N4O2. The SMILES string of the molecule is CCCNCCNCCCNCCNCc1ccc(C(=O)O)cc1. The summed E-state index contributed by atoms with van der Waals surface area (Å²) in [6.07, 6.45) is 2.32. The summed E-state index contributed by atoms with van der Waals surface area (Å²) in [7, 11) is 0. The maximum atomic E-state index is 10.8. The molecule has 6 heteroatoms. The lowest BCUT2D eigenvalue weighted by Crippen LogP contribution is -2.31. The van der Waals surface area contributed by atoms with Crippen LogP contribution in [0.5, 0.6) is 0 Å². The molecule has 5 N–H and O–H groups in total. The first kappa shape index (κ1) is 20.6. The second kappa shape index (κ2) is 13.9. The molecule has 0 heterocycles. The molecule has 0 unspecified atom stereocenters. The number of carboxylic acid groups (broad SMARTS) is 1. The van der Waals surface area contributed by atoms with Crippen molar-refractivity contribution in [2.24, 2.45) is 0 Å². The number of carboxylic acids is 1. The summed E-state index contributed by atoms with van der Waals surface area (Å²) >= 11 is 0. The lowest BCUT2D eigenvalue weighted by Gasteiger charge is -2.08. The minimum absolute atomic E-state index is 0.329. The van der Waals surface area contributed by atoms with Gasteiger partial charge < -0.3 is 26.4 Å². The van der Waals surface area contributed by atoms with Crippen LogP contribution < -0.4 is 21.3 Å². The van der Waals surface area contributed by atoms with Crippen LogP contribution in [0.25, 0.3) is 0 Å². The summed E-state index contributed by atoms with van der Waals surface area (Å²) in [5.74, 6) is -0.884. The highest BCUT2D eigenvalue weighted by Gasteiger charge is 2.01. The van der Waals surface area contributed by atoms with Crippen molar-refractivity contribution in [2.75, 3.05) is 45.8 Å². The lowest BCUT2D eigenvalue weighted by atomic mass is 10.1. The number of hydrogen-bond donors (Lipinski definition) is 5. The highest BCUT2D eigenvalue weighted by atomic mass is 16.4. The molecule has 1 rings (SSSR count). The van der Waals surface area contributed by atoms with E-state index in [2.05, 4.69) is 28.2 Å². The molecule has 0 saturated heterocycles. The topological polar surface area (TPSA) is 85.4 Å². The summed E-state index contributed by atoms with van der Waals surface area (Å²) in [4.78, 5) is 10.8. The molecule has 1 aromatic carbocycles. The van der Waals surface area contributed by atoms with Crippen LogP contribution in [0, 0.1) is 0 Å². The Kier molecular flexibility index (Phi) is 11.9. The molecule has 136 valence electrons. The molecule has 0 saturated carbocycles. The van der Waals surface area contributed by atoms with Gasteiger partial charge >= 0.3 is 5.97 Å². The minimum atomic E-state index is -0.884. The average Bonchev–Trinajstić information content (AvgIpc) is 2.59. The normalized spacial score (nSPS) is 10.9. The summed E-state index contributed by atoms with van der Waals surface area (Å²) in [5, 5.41) is 22.4. The van der Waals surface area contributed by atoms with Crippen molar-refractivity contribution >= 4 is 5.97 Å². The van der Waals surface area contributed by atoms with Crippen molar-refractivity contribution in [3.05, 3.63) is 35.4 Å². The third kappa shape index (κ3) is 10.3. The largest absolute Gasteiger partial charge is 0.478 e. The lowest BCUT2D eigenvalue weighted by molar-refractivity contribution is 0.0697. The fourth-order valence-corrected chi connectivity index (χ4v) is 2.24. The van der Waals surface area contributed by atoms with E-state index in [0.29, 0.717) is 5.56 Å². The van der Waals surface area contributed by atoms with E-state index in [-0.39, 0.29) is 0 Å². The van der Waals surface area contributed by atoms with Gasteiger partial charge in [-0.25, -0.2) is 4.79 Å². The van der Waals surface area contributed by atoms with Gasteiger partial charge in [0.05, 0.1) is 5.56 Å². The van der Waals surface area contributed by atoms with E-state index in [9.17, 15) is 4.79 Å². The van der Waals surface area contributed by atoms with Gasteiger partial charge in [0, 0.05) is 32.7 Å². The number of rotatable bonds is 15. The third-order valence-electron chi connectivity index (χ3n) is 3.62. The Morgan fingerprint density at radius 2 is 1.38 bits per heavy atom. The van der Waals surface area contributed by atoms with Crippen LogP contribution in [0.3, 0.4) is 0 Å². The molecule has 0 amide bonds. The fraction of sp³-hybridized carbons (Fsp3) is 0.611. The van der Waals surface area contributed by atoms with Crippen LogP contribution in [0.15, 0.2) is 24.3 Å². The summed E-state index contributed by atoms with van der Waals surface area (Å²) < 4.78 is 0. The van der Waals surface area contributed by atoms with E-state index in [4.69, 9.17) is 5.11 Å². The smallest absolute Gasteiger partial charge is 0.335 e. The Hall–Kier alpha value is -1.47. The zero-order valence-corrected chi connectivity index (χ0v) is 14.7. The van der Waals surface area contributed by atoms with Gasteiger partial charge in [0.2, 0.25) is 0 Å². The molecule has 24 heavy (non-hydrogen) atoms. The van der Waals surface area contributed by atoms with Crippen molar-refractivity contribution in [3.63, 3.8) is 0 Å². The van der Waals surface area contributed by atoms with Crippen molar-refractivity contribution in [1.29, 1.82) is 0 Å². The van der Waals surface area contributed by atoms with E-state index >= 15 is 0 Å². The van der Waals surface area contributed by atoms with Crippen molar-refractivity contribution in [2.45, 2.75) is 26.3 Å². The van der Waals surface area contributed by atoms with Gasteiger partial charge in [0.1, 0.15) is 0 Å². The molecule has 0 spiro atoms. The van der Waals surface area contributed by atoms with Gasteiger partial charge in [0.15, 0.2) is 0 Å². The summed E-state index contributed by atoms with van der Waals surface area (Å²) in [6, 6.07) is 6.99. The Bertz CT molecular complexity index is 437. The molecule has 0 aromatic heterocycles. The van der Waals surface area contributed by atoms with Crippen LogP contribution in [-0.4, -0.2) is 56.9 Å². The molecular weight excluding hydrogens is 304 g/mol. The zero-order chi connectivity index (χ0) is 17.5. The Morgan fingerprint density at radius 1 is 0.833 bits per heavy atom. The van der Waals surface area contributed by atoms with E-state index in [1.54, 1.807) is 12.1 Å². The Morgan fingerprint density at radius 3 is 1.92 bits per heavy atom. The molecule has 6 nitrogen and oxygen atoms in total. The molecule has 0 fully saturated rings. The predicted octanol–water partition coefficient (Wildman–Crippen LogP) is 1.04. The van der Waals surface area contributed by atoms with E-state index in [1.807, 2.05) is 12.1 Å². The molecule has 0 aliphatic rings. The van der Waals surface area contributed by atoms with Gasteiger partial charge in [-0.3, -0.25) is 0 Å². The highest BCUT2D eigenvalue weighted by molar-refractivity contribution is 5.87. The maximum absolute atomic E-state index is 10.8. The first-order valence-electron chi connectivity index (χ1n) is 8.89. The standard InChI is InChI=1S/C18H32N4O2/c1-2-8-19-11-12-20-9-3-10-21-13-14-22-15-16-4-6-17(7-5-16)18(23)24/h4-7,19-22H,2-3,8-15H2,1H3,(H,23,24). The number of carbonyl (C=O) groups is 1. The van der Waals surface area contributed by atoms with Crippen LogP contribution >= 0.6 is 0 Å². The quantitative estimate of drug-likeness (QED) is 0.308. The molecule has 0 aliphatic heterocycles. The van der Waals surface area contributed by atoms with Crippen LogP contribution in [0.4, 0.5) is 0 Å². The Balaban J connectivity index is 1.87. The van der Waals surface area contributed by atoms with Crippen molar-refractivity contribution < 1.29 is 9.90 Å². The summed E-state index contributed by atoms with van der Waals surface area (Å²) in [6.45, 7) is 10.00. The Labute approximate surface area is 145 Å². The van der Waals surface area contributed by atoms with E-state index in [0.717, 1.165) is 64.3 Å². The number of benzene rings is 1. The second-order valence-corrected chi connectivity index (χ2v) is 5.78. The minimum Gasteiger partial charge on any atom is -0.478 e. The van der Waals surface area contributed by atoms with Gasteiger partial charge in [-0.05, 0) is 50.2 Å². The fourth-order valence-electron chi connectivity index (χ4n) is 2.24.